The zero-order valence-corrected chi connectivity index (χ0v) is 11.8. The summed E-state index contributed by atoms with van der Waals surface area (Å²) in [5.74, 6) is -0.823. The molecule has 0 fully saturated rings. The van der Waals surface area contributed by atoms with Gasteiger partial charge in [-0.2, -0.15) is 0 Å². The summed E-state index contributed by atoms with van der Waals surface area (Å²) in [5, 5.41) is 2.13. The minimum atomic E-state index is -1.35. The van der Waals surface area contributed by atoms with Gasteiger partial charge in [0.2, 0.25) is 0 Å². The fourth-order valence-corrected chi connectivity index (χ4v) is 0.983. The molecule has 106 valence electrons. The molecule has 0 aliphatic heterocycles. The van der Waals surface area contributed by atoms with Gasteiger partial charge < -0.3 is 14.8 Å². The SMILES string of the molecule is CC(C)(C)OC(=O)N[C@H](CF)C(=O)OC(C)(C)C. The topological polar surface area (TPSA) is 64.6 Å². The molecule has 0 saturated carbocycles. The predicted octanol–water partition coefficient (Wildman–Crippen LogP) is 2.19. The van der Waals surface area contributed by atoms with Crippen molar-refractivity contribution < 1.29 is 23.5 Å². The predicted molar refractivity (Wildman–Crippen MR) is 65.0 cm³/mol. The minimum Gasteiger partial charge on any atom is -0.458 e. The average Bonchev–Trinajstić information content (AvgIpc) is 2.07. The number of carbonyl (C=O) groups is 2. The van der Waals surface area contributed by atoms with E-state index in [1.165, 1.54) is 0 Å². The van der Waals surface area contributed by atoms with Crippen molar-refractivity contribution in [2.45, 2.75) is 58.8 Å². The number of nitrogens with one attached hydrogen (secondary N) is 1. The molecule has 0 spiro atoms. The second kappa shape index (κ2) is 6.02. The number of alkyl carbamates (subject to hydrolysis) is 1. The molecule has 0 bridgehead atoms. The number of amides is 1. The number of carbonyl (C=O) groups excluding carboxylic acids is 2. The lowest BCUT2D eigenvalue weighted by molar-refractivity contribution is -0.157. The molecule has 18 heavy (non-hydrogen) atoms. The van der Waals surface area contributed by atoms with Crippen LogP contribution in [0.1, 0.15) is 41.5 Å². The first kappa shape index (κ1) is 16.7. The van der Waals surface area contributed by atoms with E-state index < -0.39 is 36.0 Å². The van der Waals surface area contributed by atoms with Crippen molar-refractivity contribution in [3.05, 3.63) is 0 Å². The number of halogens is 1. The minimum absolute atomic E-state index is 0.709. The Balaban J connectivity index is 4.44. The Morgan fingerprint density at radius 2 is 1.50 bits per heavy atom. The molecule has 0 unspecified atom stereocenters. The monoisotopic (exact) mass is 263 g/mol. The molecule has 0 saturated heterocycles. The van der Waals surface area contributed by atoms with Gasteiger partial charge in [-0.3, -0.25) is 0 Å². The quantitative estimate of drug-likeness (QED) is 0.793. The van der Waals surface area contributed by atoms with Gasteiger partial charge in [-0.25, -0.2) is 14.0 Å². The van der Waals surface area contributed by atoms with Crippen molar-refractivity contribution in [3.63, 3.8) is 0 Å². The standard InChI is InChI=1S/C12H22FNO4/c1-11(2,3)17-9(15)8(7-13)14-10(16)18-12(4,5)6/h8H,7H2,1-6H3,(H,14,16)/t8-/m1/s1. The highest BCUT2D eigenvalue weighted by molar-refractivity contribution is 5.81. The first-order valence-electron chi connectivity index (χ1n) is 5.73. The van der Waals surface area contributed by atoms with Crippen LogP contribution in [0.5, 0.6) is 0 Å². The summed E-state index contributed by atoms with van der Waals surface area (Å²) in [7, 11) is 0. The van der Waals surface area contributed by atoms with E-state index in [2.05, 4.69) is 5.32 Å². The average molecular weight is 263 g/mol. The molecule has 6 heteroatoms. The van der Waals surface area contributed by atoms with Crippen molar-refractivity contribution in [2.75, 3.05) is 6.67 Å². The van der Waals surface area contributed by atoms with Crippen LogP contribution in [0.2, 0.25) is 0 Å². The van der Waals surface area contributed by atoms with E-state index >= 15 is 0 Å². The van der Waals surface area contributed by atoms with Crippen LogP contribution in [0.25, 0.3) is 0 Å². The highest BCUT2D eigenvalue weighted by atomic mass is 19.1. The van der Waals surface area contributed by atoms with Crippen molar-refractivity contribution >= 4 is 12.1 Å². The third-order valence-electron chi connectivity index (χ3n) is 1.54. The maximum atomic E-state index is 12.7. The summed E-state index contributed by atoms with van der Waals surface area (Å²) in [4.78, 5) is 22.9. The molecule has 1 atom stereocenters. The molecule has 5 nitrogen and oxygen atoms in total. The van der Waals surface area contributed by atoms with Crippen LogP contribution in [0, 0.1) is 0 Å². The van der Waals surface area contributed by atoms with Crippen LogP contribution in [-0.4, -0.2) is 36.0 Å². The van der Waals surface area contributed by atoms with E-state index in [1.54, 1.807) is 41.5 Å². The van der Waals surface area contributed by atoms with Crippen LogP contribution in [0.3, 0.4) is 0 Å². The van der Waals surface area contributed by atoms with Crippen molar-refractivity contribution in [3.8, 4) is 0 Å². The molecule has 1 N–H and O–H groups in total. The Bertz CT molecular complexity index is 304. The largest absolute Gasteiger partial charge is 0.458 e. The molecule has 1 amide bonds. The smallest absolute Gasteiger partial charge is 0.408 e. The summed E-state index contributed by atoms with van der Waals surface area (Å²) in [5.41, 5.74) is -1.45. The van der Waals surface area contributed by atoms with E-state index in [9.17, 15) is 14.0 Å². The zero-order chi connectivity index (χ0) is 14.6. The van der Waals surface area contributed by atoms with Crippen molar-refractivity contribution in [2.24, 2.45) is 0 Å². The molecule has 0 aromatic heterocycles. The third kappa shape index (κ3) is 7.86. The zero-order valence-electron chi connectivity index (χ0n) is 11.8. The van der Waals surface area contributed by atoms with Crippen molar-refractivity contribution in [1.82, 2.24) is 5.32 Å². The maximum Gasteiger partial charge on any atom is 0.408 e. The lowest BCUT2D eigenvalue weighted by Gasteiger charge is -2.25. The normalized spacial score (nSPS) is 13.7. The molecule has 0 aromatic carbocycles. The van der Waals surface area contributed by atoms with Gasteiger partial charge in [0.15, 0.2) is 6.04 Å². The molecule has 0 aromatic rings. The Morgan fingerprint density at radius 3 is 1.83 bits per heavy atom. The molecular formula is C12H22FNO4. The fourth-order valence-electron chi connectivity index (χ4n) is 0.983. The lowest BCUT2D eigenvalue weighted by atomic mass is 10.2. The summed E-state index contributed by atoms with van der Waals surface area (Å²) < 4.78 is 22.6. The van der Waals surface area contributed by atoms with Crippen LogP contribution in [0.4, 0.5) is 9.18 Å². The molecular weight excluding hydrogens is 241 g/mol. The number of hydrogen-bond donors (Lipinski definition) is 1. The van der Waals surface area contributed by atoms with E-state index in [1.807, 2.05) is 0 Å². The third-order valence-corrected chi connectivity index (χ3v) is 1.54. The van der Waals surface area contributed by atoms with Gasteiger partial charge in [-0.05, 0) is 41.5 Å². The summed E-state index contributed by atoms with van der Waals surface area (Å²) >= 11 is 0. The van der Waals surface area contributed by atoms with E-state index in [-0.39, 0.29) is 0 Å². The van der Waals surface area contributed by atoms with Gasteiger partial charge in [0.05, 0.1) is 0 Å². The number of alkyl halides is 1. The van der Waals surface area contributed by atoms with Gasteiger partial charge in [-0.1, -0.05) is 0 Å². The van der Waals surface area contributed by atoms with Gasteiger partial charge in [0, 0.05) is 0 Å². The van der Waals surface area contributed by atoms with E-state index in [4.69, 9.17) is 9.47 Å². The van der Waals surface area contributed by atoms with Crippen molar-refractivity contribution in [1.29, 1.82) is 0 Å². The Morgan fingerprint density at radius 1 is 1.06 bits per heavy atom. The maximum absolute atomic E-state index is 12.7. The second-order valence-electron chi connectivity index (χ2n) is 5.89. The second-order valence-corrected chi connectivity index (χ2v) is 5.89. The summed E-state index contributed by atoms with van der Waals surface area (Å²) in [6.45, 7) is 8.95. The van der Waals surface area contributed by atoms with Gasteiger partial charge in [-0.15, -0.1) is 0 Å². The van der Waals surface area contributed by atoms with E-state index in [0.717, 1.165) is 0 Å². The van der Waals surface area contributed by atoms with Crippen LogP contribution < -0.4 is 5.32 Å². The number of esters is 1. The van der Waals surface area contributed by atoms with Crippen LogP contribution in [-0.2, 0) is 14.3 Å². The first-order valence-corrected chi connectivity index (χ1v) is 5.73. The first-order chi connectivity index (χ1) is 7.94. The molecule has 0 radical (unpaired) electrons. The Kier molecular flexibility index (Phi) is 5.57. The van der Waals surface area contributed by atoms with Gasteiger partial charge in [0.25, 0.3) is 0 Å². The molecule has 0 aliphatic carbocycles. The Hall–Kier alpha value is -1.33. The number of rotatable bonds is 3. The van der Waals surface area contributed by atoms with E-state index in [0.29, 0.717) is 0 Å². The highest BCUT2D eigenvalue weighted by Crippen LogP contribution is 2.10. The number of hydrogen-bond acceptors (Lipinski definition) is 4. The van der Waals surface area contributed by atoms with Crippen LogP contribution in [0.15, 0.2) is 0 Å². The number of ether oxygens (including phenoxy) is 2. The molecule has 0 aliphatic rings. The fraction of sp³-hybridized carbons (Fsp3) is 0.833. The van der Waals surface area contributed by atoms with Crippen LogP contribution >= 0.6 is 0 Å². The molecule has 0 heterocycles. The Labute approximate surface area is 107 Å². The lowest BCUT2D eigenvalue weighted by Crippen LogP contribution is -2.47. The summed E-state index contributed by atoms with van der Waals surface area (Å²) in [6, 6.07) is -1.35. The highest BCUT2D eigenvalue weighted by Gasteiger charge is 2.28. The summed E-state index contributed by atoms with van der Waals surface area (Å²) in [6.07, 6.45) is -0.851. The molecule has 0 rings (SSSR count). The van der Waals surface area contributed by atoms with Gasteiger partial charge >= 0.3 is 12.1 Å². The van der Waals surface area contributed by atoms with Gasteiger partial charge in [0.1, 0.15) is 17.9 Å².